The highest BCUT2D eigenvalue weighted by Gasteiger charge is 2.06. The van der Waals surface area contributed by atoms with E-state index in [4.69, 9.17) is 9.47 Å². The van der Waals surface area contributed by atoms with Crippen LogP contribution in [0.25, 0.3) is 0 Å². The molecule has 0 radical (unpaired) electrons. The van der Waals surface area contributed by atoms with E-state index in [-0.39, 0.29) is 12.1 Å². The van der Waals surface area contributed by atoms with Gasteiger partial charge in [-0.25, -0.2) is 0 Å². The first-order valence-corrected chi connectivity index (χ1v) is 4.92. The van der Waals surface area contributed by atoms with Crippen molar-refractivity contribution in [2.24, 2.45) is 0 Å². The van der Waals surface area contributed by atoms with E-state index in [1.807, 2.05) is 31.2 Å². The summed E-state index contributed by atoms with van der Waals surface area (Å²) in [5.41, 5.74) is 1.13. The van der Waals surface area contributed by atoms with Crippen molar-refractivity contribution in [3.05, 3.63) is 29.8 Å². The molecule has 0 spiro atoms. The van der Waals surface area contributed by atoms with Gasteiger partial charge in [0, 0.05) is 13.3 Å². The summed E-state index contributed by atoms with van der Waals surface area (Å²) in [7, 11) is 1.64. The molecule has 0 unspecified atom stereocenters. The summed E-state index contributed by atoms with van der Waals surface area (Å²) in [6.45, 7) is 3.30. The van der Waals surface area contributed by atoms with Crippen LogP contribution in [0.3, 0.4) is 0 Å². The molecular formula is C12H16O3. The number of ether oxygens (including phenoxy) is 2. The molecule has 0 saturated heterocycles. The number of rotatable bonds is 4. The van der Waals surface area contributed by atoms with E-state index in [9.17, 15) is 4.79 Å². The molecule has 0 aliphatic carbocycles. The molecule has 1 aromatic rings. The van der Waals surface area contributed by atoms with Crippen molar-refractivity contribution in [1.29, 1.82) is 0 Å². The summed E-state index contributed by atoms with van der Waals surface area (Å²) < 4.78 is 10.1. The Morgan fingerprint density at radius 2 is 1.93 bits per heavy atom. The molecule has 1 atom stereocenters. The Labute approximate surface area is 90.0 Å². The number of hydrogen-bond acceptors (Lipinski definition) is 3. The molecule has 0 saturated carbocycles. The number of methoxy groups -OCH3 is 1. The first kappa shape index (κ1) is 11.6. The van der Waals surface area contributed by atoms with E-state index in [2.05, 4.69) is 0 Å². The van der Waals surface area contributed by atoms with Crippen LogP contribution in [0.4, 0.5) is 0 Å². The fourth-order valence-corrected chi connectivity index (χ4v) is 1.42. The minimum atomic E-state index is -0.240. The molecule has 1 rings (SSSR count). The van der Waals surface area contributed by atoms with Crippen LogP contribution in [-0.2, 0) is 16.0 Å². The van der Waals surface area contributed by atoms with Gasteiger partial charge in [0.15, 0.2) is 0 Å². The SMILES string of the molecule is COc1ccc(C[C@H](C)OC(C)=O)cc1. The smallest absolute Gasteiger partial charge is 0.302 e. The third-order valence-electron chi connectivity index (χ3n) is 2.05. The van der Waals surface area contributed by atoms with Gasteiger partial charge in [-0.15, -0.1) is 0 Å². The molecule has 0 heterocycles. The van der Waals surface area contributed by atoms with Gasteiger partial charge >= 0.3 is 5.97 Å². The van der Waals surface area contributed by atoms with Crippen LogP contribution in [0.15, 0.2) is 24.3 Å². The minimum absolute atomic E-state index is 0.0871. The minimum Gasteiger partial charge on any atom is -0.497 e. The van der Waals surface area contributed by atoms with Gasteiger partial charge in [0.05, 0.1) is 7.11 Å². The van der Waals surface area contributed by atoms with Crippen LogP contribution in [0.2, 0.25) is 0 Å². The molecule has 15 heavy (non-hydrogen) atoms. The van der Waals surface area contributed by atoms with Crippen molar-refractivity contribution in [2.45, 2.75) is 26.4 Å². The van der Waals surface area contributed by atoms with Crippen LogP contribution in [0.5, 0.6) is 5.75 Å². The predicted octanol–water partition coefficient (Wildman–Crippen LogP) is 2.19. The van der Waals surface area contributed by atoms with Gasteiger partial charge in [-0.1, -0.05) is 12.1 Å². The first-order chi connectivity index (χ1) is 7.11. The highest BCUT2D eigenvalue weighted by Crippen LogP contribution is 2.13. The molecule has 0 aliphatic rings. The van der Waals surface area contributed by atoms with Crippen LogP contribution in [0, 0.1) is 0 Å². The number of carbonyl (C=O) groups excluding carboxylic acids is 1. The average Bonchev–Trinajstić information content (AvgIpc) is 2.17. The van der Waals surface area contributed by atoms with Gasteiger partial charge in [0.2, 0.25) is 0 Å². The maximum absolute atomic E-state index is 10.7. The standard InChI is InChI=1S/C12H16O3/c1-9(15-10(2)13)8-11-4-6-12(14-3)7-5-11/h4-7,9H,8H2,1-3H3/t9-/m0/s1. The van der Waals surface area contributed by atoms with Crippen molar-refractivity contribution >= 4 is 5.97 Å². The molecule has 3 heteroatoms. The zero-order valence-electron chi connectivity index (χ0n) is 9.32. The Kier molecular flexibility index (Phi) is 4.16. The molecule has 1 aromatic carbocycles. The van der Waals surface area contributed by atoms with Gasteiger partial charge in [-0.2, -0.15) is 0 Å². The van der Waals surface area contributed by atoms with Crippen LogP contribution < -0.4 is 4.74 Å². The van der Waals surface area contributed by atoms with Crippen LogP contribution >= 0.6 is 0 Å². The molecule has 3 nitrogen and oxygen atoms in total. The topological polar surface area (TPSA) is 35.5 Å². The molecule has 0 fully saturated rings. The molecular weight excluding hydrogens is 192 g/mol. The zero-order chi connectivity index (χ0) is 11.3. The second kappa shape index (κ2) is 5.39. The zero-order valence-corrected chi connectivity index (χ0v) is 9.32. The van der Waals surface area contributed by atoms with E-state index in [1.54, 1.807) is 7.11 Å². The van der Waals surface area contributed by atoms with E-state index >= 15 is 0 Å². The second-order valence-corrected chi connectivity index (χ2v) is 3.47. The largest absolute Gasteiger partial charge is 0.497 e. The first-order valence-electron chi connectivity index (χ1n) is 4.92. The lowest BCUT2D eigenvalue weighted by molar-refractivity contribution is -0.145. The molecule has 0 N–H and O–H groups in total. The van der Waals surface area contributed by atoms with Crippen molar-refractivity contribution in [2.75, 3.05) is 7.11 Å². The fraction of sp³-hybridized carbons (Fsp3) is 0.417. The van der Waals surface area contributed by atoms with Crippen LogP contribution in [0.1, 0.15) is 19.4 Å². The Balaban J connectivity index is 2.53. The lowest BCUT2D eigenvalue weighted by Crippen LogP contribution is -2.14. The van der Waals surface area contributed by atoms with Gasteiger partial charge in [-0.3, -0.25) is 4.79 Å². The number of esters is 1. The second-order valence-electron chi connectivity index (χ2n) is 3.47. The lowest BCUT2D eigenvalue weighted by Gasteiger charge is -2.11. The molecule has 0 aliphatic heterocycles. The van der Waals surface area contributed by atoms with E-state index in [0.717, 1.165) is 17.7 Å². The highest BCUT2D eigenvalue weighted by atomic mass is 16.5. The van der Waals surface area contributed by atoms with E-state index < -0.39 is 0 Å². The summed E-state index contributed by atoms with van der Waals surface area (Å²) in [5, 5.41) is 0. The Hall–Kier alpha value is -1.51. The average molecular weight is 208 g/mol. The summed E-state index contributed by atoms with van der Waals surface area (Å²) in [6.07, 6.45) is 0.639. The van der Waals surface area contributed by atoms with Gasteiger partial charge in [0.1, 0.15) is 11.9 Å². The summed E-state index contributed by atoms with van der Waals surface area (Å²) in [6, 6.07) is 7.74. The normalized spacial score (nSPS) is 11.9. The third kappa shape index (κ3) is 4.02. The van der Waals surface area contributed by atoms with Gasteiger partial charge < -0.3 is 9.47 Å². The van der Waals surface area contributed by atoms with Crippen molar-refractivity contribution in [3.8, 4) is 5.75 Å². The highest BCUT2D eigenvalue weighted by molar-refractivity contribution is 5.66. The Morgan fingerprint density at radius 1 is 1.33 bits per heavy atom. The van der Waals surface area contributed by atoms with Crippen molar-refractivity contribution in [1.82, 2.24) is 0 Å². The molecule has 0 aromatic heterocycles. The van der Waals surface area contributed by atoms with E-state index in [1.165, 1.54) is 6.92 Å². The fourth-order valence-electron chi connectivity index (χ4n) is 1.42. The summed E-state index contributed by atoms with van der Waals surface area (Å²) in [5.74, 6) is 0.593. The third-order valence-corrected chi connectivity index (χ3v) is 2.05. The molecule has 82 valence electrons. The van der Waals surface area contributed by atoms with Crippen molar-refractivity contribution in [3.63, 3.8) is 0 Å². The Morgan fingerprint density at radius 3 is 2.40 bits per heavy atom. The number of hydrogen-bond donors (Lipinski definition) is 0. The summed E-state index contributed by atoms with van der Waals surface area (Å²) in [4.78, 5) is 10.7. The maximum atomic E-state index is 10.7. The van der Waals surface area contributed by atoms with Gasteiger partial charge in [0.25, 0.3) is 0 Å². The predicted molar refractivity (Wildman–Crippen MR) is 57.9 cm³/mol. The van der Waals surface area contributed by atoms with Crippen LogP contribution in [-0.4, -0.2) is 19.2 Å². The molecule has 0 amide bonds. The van der Waals surface area contributed by atoms with Crippen molar-refractivity contribution < 1.29 is 14.3 Å². The number of benzene rings is 1. The van der Waals surface area contributed by atoms with Gasteiger partial charge in [-0.05, 0) is 24.6 Å². The summed E-state index contributed by atoms with van der Waals surface area (Å²) >= 11 is 0. The van der Waals surface area contributed by atoms with E-state index in [0.29, 0.717) is 0 Å². The maximum Gasteiger partial charge on any atom is 0.302 e. The lowest BCUT2D eigenvalue weighted by atomic mass is 10.1. The quantitative estimate of drug-likeness (QED) is 0.711. The number of carbonyl (C=O) groups is 1. The molecule has 0 bridgehead atoms. The monoisotopic (exact) mass is 208 g/mol. The Bertz CT molecular complexity index is 316.